The first kappa shape index (κ1) is 14.1. The number of halogens is 3. The van der Waals surface area contributed by atoms with Gasteiger partial charge in [-0.3, -0.25) is 0 Å². The molecular weight excluding hydrogens is 255 g/mol. The monoisotopic (exact) mass is 273 g/mol. The number of rotatable bonds is 3. The van der Waals surface area contributed by atoms with E-state index >= 15 is 0 Å². The Bertz CT molecular complexity index is 412. The second kappa shape index (κ2) is 5.77. The summed E-state index contributed by atoms with van der Waals surface area (Å²) in [6.07, 6.45) is -2.05. The Kier molecular flexibility index (Phi) is 4.29. The zero-order valence-electron chi connectivity index (χ0n) is 10.9. The van der Waals surface area contributed by atoms with Gasteiger partial charge < -0.3 is 10.2 Å². The molecule has 19 heavy (non-hydrogen) atoms. The van der Waals surface area contributed by atoms with Crippen LogP contribution >= 0.6 is 0 Å². The summed E-state index contributed by atoms with van der Waals surface area (Å²) in [4.78, 5) is 6.18. The standard InChI is InChI=1S/C13H18F3N3/c1-17-9-10-2-5-18-12(8-10)19-6-3-11(4-7-19)13(14,15)16/h2,5,8,11,17H,3-4,6-7,9H2,1H3. The van der Waals surface area contributed by atoms with Crippen LogP contribution in [-0.2, 0) is 6.54 Å². The number of alkyl halides is 3. The molecule has 0 aliphatic carbocycles. The lowest BCUT2D eigenvalue weighted by atomic mass is 9.96. The maximum atomic E-state index is 12.6. The van der Waals surface area contributed by atoms with E-state index in [1.165, 1.54) is 0 Å². The summed E-state index contributed by atoms with van der Waals surface area (Å²) in [7, 11) is 1.86. The summed E-state index contributed by atoms with van der Waals surface area (Å²) in [6.45, 7) is 1.56. The minimum Gasteiger partial charge on any atom is -0.357 e. The van der Waals surface area contributed by atoms with Gasteiger partial charge in [0, 0.05) is 25.8 Å². The molecule has 2 heterocycles. The number of hydrogen-bond donors (Lipinski definition) is 1. The molecule has 1 aromatic rings. The van der Waals surface area contributed by atoms with E-state index in [9.17, 15) is 13.2 Å². The zero-order valence-corrected chi connectivity index (χ0v) is 10.9. The smallest absolute Gasteiger partial charge is 0.357 e. The third-order valence-corrected chi connectivity index (χ3v) is 3.47. The van der Waals surface area contributed by atoms with Crippen molar-refractivity contribution in [3.8, 4) is 0 Å². The van der Waals surface area contributed by atoms with E-state index in [4.69, 9.17) is 0 Å². The van der Waals surface area contributed by atoms with Gasteiger partial charge in [0.05, 0.1) is 5.92 Å². The quantitative estimate of drug-likeness (QED) is 0.917. The van der Waals surface area contributed by atoms with Gasteiger partial charge in [-0.15, -0.1) is 0 Å². The van der Waals surface area contributed by atoms with Crippen LogP contribution in [0.5, 0.6) is 0 Å². The van der Waals surface area contributed by atoms with Gasteiger partial charge in [0.2, 0.25) is 0 Å². The fourth-order valence-electron chi connectivity index (χ4n) is 2.38. The van der Waals surface area contributed by atoms with Crippen molar-refractivity contribution >= 4 is 5.82 Å². The summed E-state index contributed by atoms with van der Waals surface area (Å²) in [5.41, 5.74) is 1.09. The first-order valence-corrected chi connectivity index (χ1v) is 6.42. The highest BCUT2D eigenvalue weighted by Crippen LogP contribution is 2.35. The number of anilines is 1. The largest absolute Gasteiger partial charge is 0.391 e. The van der Waals surface area contributed by atoms with Crippen molar-refractivity contribution in [3.05, 3.63) is 23.9 Å². The molecule has 0 spiro atoms. The molecular formula is C13H18F3N3. The molecule has 1 aliphatic rings. The maximum absolute atomic E-state index is 12.6. The van der Waals surface area contributed by atoms with Gasteiger partial charge in [-0.05, 0) is 37.6 Å². The molecule has 0 saturated carbocycles. The average Bonchev–Trinajstić information content (AvgIpc) is 2.39. The Labute approximate surface area is 110 Å². The van der Waals surface area contributed by atoms with E-state index in [0.717, 1.165) is 17.9 Å². The summed E-state index contributed by atoms with van der Waals surface area (Å²) in [6, 6.07) is 3.84. The Hall–Kier alpha value is -1.30. The van der Waals surface area contributed by atoms with Gasteiger partial charge in [0.25, 0.3) is 0 Å². The van der Waals surface area contributed by atoms with E-state index < -0.39 is 12.1 Å². The van der Waals surface area contributed by atoms with E-state index in [2.05, 4.69) is 10.3 Å². The molecule has 3 nitrogen and oxygen atoms in total. The SMILES string of the molecule is CNCc1ccnc(N2CCC(C(F)(F)F)CC2)c1. The van der Waals surface area contributed by atoms with Crippen LogP contribution in [0.25, 0.3) is 0 Å². The number of piperidine rings is 1. The average molecular weight is 273 g/mol. The van der Waals surface area contributed by atoms with Crippen LogP contribution in [0.2, 0.25) is 0 Å². The normalized spacial score (nSPS) is 17.8. The van der Waals surface area contributed by atoms with Gasteiger partial charge in [-0.1, -0.05) is 0 Å². The van der Waals surface area contributed by atoms with E-state index in [1.807, 2.05) is 24.1 Å². The van der Waals surface area contributed by atoms with E-state index in [1.54, 1.807) is 6.20 Å². The van der Waals surface area contributed by atoms with Crippen molar-refractivity contribution < 1.29 is 13.2 Å². The lowest BCUT2D eigenvalue weighted by molar-refractivity contribution is -0.179. The second-order valence-electron chi connectivity index (χ2n) is 4.86. The van der Waals surface area contributed by atoms with Crippen LogP contribution in [0, 0.1) is 5.92 Å². The first-order chi connectivity index (χ1) is 9.00. The lowest BCUT2D eigenvalue weighted by Gasteiger charge is -2.33. The lowest BCUT2D eigenvalue weighted by Crippen LogP contribution is -2.39. The van der Waals surface area contributed by atoms with Crippen LogP contribution in [0.3, 0.4) is 0 Å². The first-order valence-electron chi connectivity index (χ1n) is 6.42. The molecule has 1 N–H and O–H groups in total. The fourth-order valence-corrected chi connectivity index (χ4v) is 2.38. The topological polar surface area (TPSA) is 28.2 Å². The molecule has 6 heteroatoms. The Morgan fingerprint density at radius 1 is 1.37 bits per heavy atom. The van der Waals surface area contributed by atoms with Gasteiger partial charge in [0.15, 0.2) is 0 Å². The molecule has 1 aliphatic heterocycles. The molecule has 0 atom stereocenters. The Balaban J connectivity index is 1.99. The van der Waals surface area contributed by atoms with Crippen LogP contribution in [0.15, 0.2) is 18.3 Å². The van der Waals surface area contributed by atoms with Crippen LogP contribution < -0.4 is 10.2 Å². The van der Waals surface area contributed by atoms with Crippen molar-refractivity contribution in [3.63, 3.8) is 0 Å². The third-order valence-electron chi connectivity index (χ3n) is 3.47. The summed E-state index contributed by atoms with van der Waals surface area (Å²) in [5, 5.41) is 3.05. The predicted octanol–water partition coefficient (Wildman–Crippen LogP) is 2.58. The molecule has 106 valence electrons. The Morgan fingerprint density at radius 3 is 2.63 bits per heavy atom. The molecule has 1 saturated heterocycles. The number of nitrogens with one attached hydrogen (secondary N) is 1. The number of hydrogen-bond acceptors (Lipinski definition) is 3. The van der Waals surface area contributed by atoms with Crippen molar-refractivity contribution in [2.45, 2.75) is 25.6 Å². The van der Waals surface area contributed by atoms with E-state index in [-0.39, 0.29) is 12.8 Å². The van der Waals surface area contributed by atoms with Gasteiger partial charge in [-0.25, -0.2) is 4.98 Å². The molecule has 0 unspecified atom stereocenters. The van der Waals surface area contributed by atoms with Crippen molar-refractivity contribution in [2.75, 3.05) is 25.0 Å². The number of pyridine rings is 1. The highest BCUT2D eigenvalue weighted by molar-refractivity contribution is 5.41. The van der Waals surface area contributed by atoms with Crippen LogP contribution in [0.1, 0.15) is 18.4 Å². The number of nitrogens with zero attached hydrogens (tertiary/aromatic N) is 2. The fraction of sp³-hybridized carbons (Fsp3) is 0.615. The van der Waals surface area contributed by atoms with Crippen molar-refractivity contribution in [1.29, 1.82) is 0 Å². The predicted molar refractivity (Wildman–Crippen MR) is 68.0 cm³/mol. The summed E-state index contributed by atoms with van der Waals surface area (Å²) in [5.74, 6) is -0.391. The Morgan fingerprint density at radius 2 is 2.05 bits per heavy atom. The molecule has 2 rings (SSSR count). The van der Waals surface area contributed by atoms with Crippen molar-refractivity contribution in [2.24, 2.45) is 5.92 Å². The molecule has 1 fully saturated rings. The summed E-state index contributed by atoms with van der Waals surface area (Å²) < 4.78 is 37.8. The number of aromatic nitrogens is 1. The van der Waals surface area contributed by atoms with Crippen LogP contribution in [0.4, 0.5) is 19.0 Å². The second-order valence-corrected chi connectivity index (χ2v) is 4.86. The summed E-state index contributed by atoms with van der Waals surface area (Å²) >= 11 is 0. The zero-order chi connectivity index (χ0) is 13.9. The third kappa shape index (κ3) is 3.59. The molecule has 0 radical (unpaired) electrons. The minimum atomic E-state index is -4.06. The van der Waals surface area contributed by atoms with Gasteiger partial charge in [-0.2, -0.15) is 13.2 Å². The highest BCUT2D eigenvalue weighted by atomic mass is 19.4. The van der Waals surface area contributed by atoms with Crippen molar-refractivity contribution in [1.82, 2.24) is 10.3 Å². The minimum absolute atomic E-state index is 0.154. The molecule has 1 aromatic heterocycles. The molecule has 0 aromatic carbocycles. The van der Waals surface area contributed by atoms with Gasteiger partial charge >= 0.3 is 6.18 Å². The van der Waals surface area contributed by atoms with Crippen LogP contribution in [-0.4, -0.2) is 31.3 Å². The molecule has 0 bridgehead atoms. The maximum Gasteiger partial charge on any atom is 0.391 e. The van der Waals surface area contributed by atoms with Gasteiger partial charge in [0.1, 0.15) is 5.82 Å². The molecule has 0 amide bonds. The van der Waals surface area contributed by atoms with E-state index in [0.29, 0.717) is 13.1 Å². The highest BCUT2D eigenvalue weighted by Gasteiger charge is 2.41.